The molecule has 2 rings (SSSR count). The van der Waals surface area contributed by atoms with Gasteiger partial charge >= 0.3 is 5.97 Å². The van der Waals surface area contributed by atoms with Gasteiger partial charge in [0.25, 0.3) is 5.91 Å². The van der Waals surface area contributed by atoms with E-state index in [0.717, 1.165) is 31.9 Å². The monoisotopic (exact) mass is 404 g/mol. The highest BCUT2D eigenvalue weighted by Crippen LogP contribution is 2.18. The first-order valence-electron chi connectivity index (χ1n) is 10.2. The molecule has 2 N–H and O–H groups in total. The Hall–Kier alpha value is -2.77. The molecule has 1 fully saturated rings. The highest BCUT2D eigenvalue weighted by atomic mass is 16.5. The molecule has 29 heavy (non-hydrogen) atoms. The molecule has 8 heteroatoms. The van der Waals surface area contributed by atoms with Crippen LogP contribution in [0.25, 0.3) is 0 Å². The van der Waals surface area contributed by atoms with Crippen molar-refractivity contribution in [3.05, 3.63) is 29.8 Å². The fourth-order valence-corrected chi connectivity index (χ4v) is 3.22. The van der Waals surface area contributed by atoms with E-state index in [1.165, 1.54) is 0 Å². The van der Waals surface area contributed by atoms with E-state index in [9.17, 15) is 9.59 Å². The normalized spacial score (nSPS) is 16.9. The lowest BCUT2D eigenvalue weighted by Gasteiger charge is -2.34. The maximum absolute atomic E-state index is 12.2. The van der Waals surface area contributed by atoms with Gasteiger partial charge in [0, 0.05) is 31.7 Å². The SMILES string of the molecule is CCNC(=NCCNC(=O)c1ccc(OC)cc1)N1CCCC(C(=O)OCC)C1. The maximum atomic E-state index is 12.2. The molecule has 160 valence electrons. The van der Waals surface area contributed by atoms with E-state index in [-0.39, 0.29) is 17.8 Å². The summed E-state index contributed by atoms with van der Waals surface area (Å²) in [5.41, 5.74) is 0.579. The van der Waals surface area contributed by atoms with Crippen molar-refractivity contribution in [2.45, 2.75) is 26.7 Å². The summed E-state index contributed by atoms with van der Waals surface area (Å²) in [4.78, 5) is 31.0. The molecule has 0 bridgehead atoms. The Balaban J connectivity index is 1.87. The van der Waals surface area contributed by atoms with Crippen molar-refractivity contribution >= 4 is 17.8 Å². The highest BCUT2D eigenvalue weighted by molar-refractivity contribution is 5.94. The van der Waals surface area contributed by atoms with E-state index in [4.69, 9.17) is 9.47 Å². The molecule has 1 aromatic rings. The first-order valence-corrected chi connectivity index (χ1v) is 10.2. The number of aliphatic imine (C=N–C) groups is 1. The van der Waals surface area contributed by atoms with Crippen molar-refractivity contribution in [2.24, 2.45) is 10.9 Å². The predicted octanol–water partition coefficient (Wildman–Crippen LogP) is 1.67. The smallest absolute Gasteiger partial charge is 0.310 e. The second-order valence-electron chi connectivity index (χ2n) is 6.76. The first kappa shape index (κ1) is 22.5. The Morgan fingerprint density at radius 2 is 1.97 bits per heavy atom. The van der Waals surface area contributed by atoms with Crippen LogP contribution in [-0.2, 0) is 9.53 Å². The molecule has 0 saturated carbocycles. The number of guanidine groups is 1. The number of methoxy groups -OCH3 is 1. The number of hydrogen-bond donors (Lipinski definition) is 2. The van der Waals surface area contributed by atoms with Crippen LogP contribution in [0, 0.1) is 5.92 Å². The van der Waals surface area contributed by atoms with Crippen LogP contribution in [-0.4, -0.2) is 69.2 Å². The summed E-state index contributed by atoms with van der Waals surface area (Å²) >= 11 is 0. The van der Waals surface area contributed by atoms with Gasteiger partial charge in [0.2, 0.25) is 0 Å². The number of hydrogen-bond acceptors (Lipinski definition) is 5. The molecular weight excluding hydrogens is 372 g/mol. The van der Waals surface area contributed by atoms with Gasteiger partial charge in [0.1, 0.15) is 5.75 Å². The fourth-order valence-electron chi connectivity index (χ4n) is 3.22. The molecule has 1 atom stereocenters. The molecule has 1 aliphatic rings. The maximum Gasteiger partial charge on any atom is 0.310 e. The summed E-state index contributed by atoms with van der Waals surface area (Å²) in [6.45, 7) is 7.29. The molecule has 0 aromatic heterocycles. The number of piperidine rings is 1. The number of amides is 1. The van der Waals surface area contributed by atoms with E-state index in [1.807, 2.05) is 13.8 Å². The summed E-state index contributed by atoms with van der Waals surface area (Å²) in [5, 5.41) is 6.15. The molecule has 1 heterocycles. The van der Waals surface area contributed by atoms with Gasteiger partial charge in [-0.25, -0.2) is 0 Å². The van der Waals surface area contributed by atoms with Crippen LogP contribution in [0.1, 0.15) is 37.0 Å². The lowest BCUT2D eigenvalue weighted by Crippen LogP contribution is -2.48. The Bertz CT molecular complexity index is 690. The van der Waals surface area contributed by atoms with Gasteiger partial charge in [-0.05, 0) is 51.0 Å². The van der Waals surface area contributed by atoms with Crippen LogP contribution in [0.15, 0.2) is 29.3 Å². The average molecular weight is 405 g/mol. The van der Waals surface area contributed by atoms with Crippen LogP contribution >= 0.6 is 0 Å². The Kier molecular flexibility index (Phi) is 9.27. The minimum absolute atomic E-state index is 0.123. The molecule has 1 amide bonds. The van der Waals surface area contributed by atoms with Crippen molar-refractivity contribution in [3.63, 3.8) is 0 Å². The Morgan fingerprint density at radius 3 is 2.62 bits per heavy atom. The number of esters is 1. The minimum Gasteiger partial charge on any atom is -0.497 e. The lowest BCUT2D eigenvalue weighted by atomic mass is 9.98. The lowest BCUT2D eigenvalue weighted by molar-refractivity contribution is -0.149. The highest BCUT2D eigenvalue weighted by Gasteiger charge is 2.28. The van der Waals surface area contributed by atoms with Gasteiger partial charge in [-0.3, -0.25) is 14.6 Å². The van der Waals surface area contributed by atoms with Gasteiger partial charge in [0.05, 0.1) is 26.2 Å². The Morgan fingerprint density at radius 1 is 1.21 bits per heavy atom. The molecule has 0 spiro atoms. The van der Waals surface area contributed by atoms with Crippen molar-refractivity contribution in [3.8, 4) is 5.75 Å². The van der Waals surface area contributed by atoms with Gasteiger partial charge < -0.3 is 25.0 Å². The predicted molar refractivity (Wildman–Crippen MR) is 112 cm³/mol. The van der Waals surface area contributed by atoms with E-state index < -0.39 is 0 Å². The molecule has 0 radical (unpaired) electrons. The van der Waals surface area contributed by atoms with Crippen LogP contribution in [0.3, 0.4) is 0 Å². The van der Waals surface area contributed by atoms with Crippen LogP contribution in [0.4, 0.5) is 0 Å². The van der Waals surface area contributed by atoms with Crippen LogP contribution in [0.5, 0.6) is 5.75 Å². The quantitative estimate of drug-likeness (QED) is 0.296. The molecule has 8 nitrogen and oxygen atoms in total. The summed E-state index contributed by atoms with van der Waals surface area (Å²) in [6.07, 6.45) is 1.76. The number of carbonyl (C=O) groups is 2. The van der Waals surface area contributed by atoms with Gasteiger partial charge in [-0.15, -0.1) is 0 Å². The van der Waals surface area contributed by atoms with Crippen molar-refractivity contribution < 1.29 is 19.1 Å². The number of rotatable bonds is 8. The molecule has 1 saturated heterocycles. The summed E-state index contributed by atoms with van der Waals surface area (Å²) < 4.78 is 10.3. The number of likely N-dealkylation sites (tertiary alicyclic amines) is 1. The summed E-state index contributed by atoms with van der Waals surface area (Å²) in [7, 11) is 1.59. The number of benzene rings is 1. The number of carbonyl (C=O) groups excluding carboxylic acids is 2. The third-order valence-corrected chi connectivity index (χ3v) is 4.69. The molecule has 0 aliphatic carbocycles. The number of nitrogens with zero attached hydrogens (tertiary/aromatic N) is 2. The topological polar surface area (TPSA) is 92.3 Å². The second-order valence-corrected chi connectivity index (χ2v) is 6.76. The third kappa shape index (κ3) is 6.96. The van der Waals surface area contributed by atoms with Gasteiger partial charge in [0.15, 0.2) is 5.96 Å². The minimum atomic E-state index is -0.145. The van der Waals surface area contributed by atoms with Crippen LogP contribution in [0.2, 0.25) is 0 Å². The molecule has 1 unspecified atom stereocenters. The van der Waals surface area contributed by atoms with Crippen molar-refractivity contribution in [1.29, 1.82) is 0 Å². The Labute approximate surface area is 172 Å². The fraction of sp³-hybridized carbons (Fsp3) is 0.571. The van der Waals surface area contributed by atoms with E-state index in [2.05, 4.69) is 20.5 Å². The summed E-state index contributed by atoms with van der Waals surface area (Å²) in [6, 6.07) is 6.97. The zero-order chi connectivity index (χ0) is 21.1. The standard InChI is InChI=1S/C21H32N4O4/c1-4-22-21(25-14-6-7-17(15-25)20(27)29-5-2)24-13-12-23-19(26)16-8-10-18(28-3)11-9-16/h8-11,17H,4-7,12-15H2,1-3H3,(H,22,24)(H,23,26). The zero-order valence-corrected chi connectivity index (χ0v) is 17.6. The first-order chi connectivity index (χ1) is 14.1. The van der Waals surface area contributed by atoms with Crippen LogP contribution < -0.4 is 15.4 Å². The van der Waals surface area contributed by atoms with Gasteiger partial charge in [-0.1, -0.05) is 0 Å². The largest absolute Gasteiger partial charge is 0.497 e. The number of ether oxygens (including phenoxy) is 2. The van der Waals surface area contributed by atoms with Crippen molar-refractivity contribution in [1.82, 2.24) is 15.5 Å². The van der Waals surface area contributed by atoms with Crippen molar-refractivity contribution in [2.75, 3.05) is 46.4 Å². The molecule has 1 aromatic carbocycles. The summed E-state index contributed by atoms with van der Waals surface area (Å²) in [5.74, 6) is 1.07. The average Bonchev–Trinajstić information content (AvgIpc) is 2.76. The van der Waals surface area contributed by atoms with E-state index in [0.29, 0.717) is 37.6 Å². The number of nitrogens with one attached hydrogen (secondary N) is 2. The van der Waals surface area contributed by atoms with Gasteiger partial charge in [-0.2, -0.15) is 0 Å². The molecular formula is C21H32N4O4. The molecule has 1 aliphatic heterocycles. The second kappa shape index (κ2) is 11.9. The van der Waals surface area contributed by atoms with E-state index >= 15 is 0 Å². The third-order valence-electron chi connectivity index (χ3n) is 4.69. The van der Waals surface area contributed by atoms with E-state index in [1.54, 1.807) is 31.4 Å². The zero-order valence-electron chi connectivity index (χ0n) is 17.6.